The largest absolute Gasteiger partial charge is 0.480 e. The Hall–Kier alpha value is -1.85. The van der Waals surface area contributed by atoms with Crippen molar-refractivity contribution in [1.82, 2.24) is 9.97 Å². The maximum absolute atomic E-state index is 10.7. The van der Waals surface area contributed by atoms with Gasteiger partial charge in [-0.2, -0.15) is 0 Å². The van der Waals surface area contributed by atoms with E-state index in [1.807, 2.05) is 0 Å². The topological polar surface area (TPSA) is 87.1 Å². The predicted molar refractivity (Wildman–Crippen MR) is 68.6 cm³/mol. The van der Waals surface area contributed by atoms with Gasteiger partial charge >= 0.3 is 5.97 Å². The van der Waals surface area contributed by atoms with Crippen LogP contribution in [0, 0.1) is 0 Å². The monoisotopic (exact) mass is 250 g/mol. The lowest BCUT2D eigenvalue weighted by Gasteiger charge is -2.14. The van der Waals surface area contributed by atoms with Crippen LogP contribution in [0.15, 0.2) is 12.4 Å². The number of aliphatic carboxylic acids is 1. The van der Waals surface area contributed by atoms with Crippen LogP contribution in [0.4, 0.5) is 11.6 Å². The fourth-order valence-electron chi connectivity index (χ4n) is 2.08. The highest BCUT2D eigenvalue weighted by Gasteiger charge is 2.16. The van der Waals surface area contributed by atoms with E-state index in [0.29, 0.717) is 11.9 Å². The van der Waals surface area contributed by atoms with Crippen molar-refractivity contribution in [2.75, 3.05) is 10.6 Å². The average Bonchev–Trinajstić information content (AvgIpc) is 2.82. The van der Waals surface area contributed by atoms with Crippen molar-refractivity contribution in [1.29, 1.82) is 0 Å². The molecule has 0 radical (unpaired) electrons. The first-order valence-electron chi connectivity index (χ1n) is 6.23. The lowest BCUT2D eigenvalue weighted by molar-refractivity contribution is -0.137. The van der Waals surface area contributed by atoms with Gasteiger partial charge < -0.3 is 15.7 Å². The third-order valence-corrected chi connectivity index (χ3v) is 3.11. The molecule has 1 fully saturated rings. The molecular weight excluding hydrogens is 232 g/mol. The molecule has 0 spiro atoms. The van der Waals surface area contributed by atoms with Crippen molar-refractivity contribution < 1.29 is 9.90 Å². The SMILES string of the molecule is CC(Nc1cc(NC2CCCC2)ncn1)C(=O)O. The molecule has 0 aromatic carbocycles. The van der Waals surface area contributed by atoms with Crippen molar-refractivity contribution in [3.05, 3.63) is 12.4 Å². The molecule has 1 aliphatic rings. The maximum Gasteiger partial charge on any atom is 0.325 e. The third kappa shape index (κ3) is 3.32. The second-order valence-corrected chi connectivity index (χ2v) is 4.62. The van der Waals surface area contributed by atoms with Gasteiger partial charge in [-0.1, -0.05) is 12.8 Å². The predicted octanol–water partition coefficient (Wildman–Crippen LogP) is 1.72. The maximum atomic E-state index is 10.7. The van der Waals surface area contributed by atoms with Crippen molar-refractivity contribution in [3.63, 3.8) is 0 Å². The Morgan fingerprint density at radius 1 is 1.39 bits per heavy atom. The number of aromatic nitrogens is 2. The van der Waals surface area contributed by atoms with Gasteiger partial charge in [-0.3, -0.25) is 4.79 Å². The molecule has 3 N–H and O–H groups in total. The number of carboxylic acids is 1. The van der Waals surface area contributed by atoms with Gasteiger partial charge in [0.05, 0.1) is 0 Å². The molecule has 0 amide bonds. The highest BCUT2D eigenvalue weighted by molar-refractivity contribution is 5.76. The van der Waals surface area contributed by atoms with Crippen LogP contribution in [-0.4, -0.2) is 33.1 Å². The first kappa shape index (κ1) is 12.6. The number of anilines is 2. The molecule has 1 saturated carbocycles. The standard InChI is InChI=1S/C12H18N4O2/c1-8(12(17)18)15-10-6-11(14-7-13-10)16-9-4-2-3-5-9/h6-9H,2-5H2,1H3,(H,17,18)(H2,13,14,15,16). The summed E-state index contributed by atoms with van der Waals surface area (Å²) in [6.07, 6.45) is 6.28. The van der Waals surface area contributed by atoms with E-state index in [2.05, 4.69) is 20.6 Å². The fourth-order valence-corrected chi connectivity index (χ4v) is 2.08. The van der Waals surface area contributed by atoms with Crippen LogP contribution in [0.2, 0.25) is 0 Å². The summed E-state index contributed by atoms with van der Waals surface area (Å²) in [6, 6.07) is 1.56. The molecule has 1 aliphatic carbocycles. The normalized spacial score (nSPS) is 17.4. The number of nitrogens with one attached hydrogen (secondary N) is 2. The van der Waals surface area contributed by atoms with Crippen LogP contribution in [-0.2, 0) is 4.79 Å². The lowest BCUT2D eigenvalue weighted by atomic mass is 10.2. The summed E-state index contributed by atoms with van der Waals surface area (Å²) in [5.41, 5.74) is 0. The van der Waals surface area contributed by atoms with Gasteiger partial charge in [-0.15, -0.1) is 0 Å². The number of carbonyl (C=O) groups is 1. The van der Waals surface area contributed by atoms with Crippen LogP contribution in [0.1, 0.15) is 32.6 Å². The van der Waals surface area contributed by atoms with Crippen LogP contribution >= 0.6 is 0 Å². The quantitative estimate of drug-likeness (QED) is 0.737. The average molecular weight is 250 g/mol. The van der Waals surface area contributed by atoms with Crippen molar-refractivity contribution in [2.45, 2.75) is 44.7 Å². The van der Waals surface area contributed by atoms with E-state index in [0.717, 1.165) is 18.7 Å². The van der Waals surface area contributed by atoms with E-state index in [4.69, 9.17) is 5.11 Å². The first-order valence-corrected chi connectivity index (χ1v) is 6.23. The highest BCUT2D eigenvalue weighted by Crippen LogP contribution is 2.21. The van der Waals surface area contributed by atoms with E-state index in [1.54, 1.807) is 13.0 Å². The van der Waals surface area contributed by atoms with Gasteiger partial charge in [0.2, 0.25) is 0 Å². The molecular formula is C12H18N4O2. The Bertz CT molecular complexity index is 418. The Labute approximate surface area is 106 Å². The van der Waals surface area contributed by atoms with Gasteiger partial charge in [0, 0.05) is 12.1 Å². The second-order valence-electron chi connectivity index (χ2n) is 4.62. The van der Waals surface area contributed by atoms with E-state index < -0.39 is 12.0 Å². The zero-order valence-electron chi connectivity index (χ0n) is 10.4. The zero-order chi connectivity index (χ0) is 13.0. The van der Waals surface area contributed by atoms with Crippen molar-refractivity contribution in [2.24, 2.45) is 0 Å². The molecule has 0 aliphatic heterocycles. The molecule has 1 aromatic rings. The minimum atomic E-state index is -0.904. The summed E-state index contributed by atoms with van der Waals surface area (Å²) >= 11 is 0. The van der Waals surface area contributed by atoms with E-state index in [1.165, 1.54) is 19.2 Å². The Morgan fingerprint density at radius 3 is 2.72 bits per heavy atom. The van der Waals surface area contributed by atoms with E-state index in [9.17, 15) is 4.79 Å². The first-order chi connectivity index (χ1) is 8.65. The summed E-state index contributed by atoms with van der Waals surface area (Å²) in [4.78, 5) is 18.9. The number of hydrogen-bond donors (Lipinski definition) is 3. The molecule has 6 heteroatoms. The molecule has 6 nitrogen and oxygen atoms in total. The molecule has 0 bridgehead atoms. The Morgan fingerprint density at radius 2 is 2.06 bits per heavy atom. The van der Waals surface area contributed by atoms with Gasteiger partial charge in [0.25, 0.3) is 0 Å². The van der Waals surface area contributed by atoms with Crippen LogP contribution in [0.5, 0.6) is 0 Å². The number of nitrogens with zero attached hydrogens (tertiary/aromatic N) is 2. The summed E-state index contributed by atoms with van der Waals surface area (Å²) in [6.45, 7) is 1.58. The molecule has 0 saturated heterocycles. The van der Waals surface area contributed by atoms with Gasteiger partial charge in [0.1, 0.15) is 24.0 Å². The Balaban J connectivity index is 1.98. The molecule has 1 atom stereocenters. The minimum absolute atomic E-state index is 0.477. The van der Waals surface area contributed by atoms with E-state index >= 15 is 0 Å². The van der Waals surface area contributed by atoms with Crippen molar-refractivity contribution >= 4 is 17.6 Å². The lowest BCUT2D eigenvalue weighted by Crippen LogP contribution is -2.26. The summed E-state index contributed by atoms with van der Waals surface area (Å²) in [7, 11) is 0. The Kier molecular flexibility index (Phi) is 3.96. The van der Waals surface area contributed by atoms with Crippen LogP contribution < -0.4 is 10.6 Å². The number of carboxylic acid groups (broad SMARTS) is 1. The summed E-state index contributed by atoms with van der Waals surface area (Å²) < 4.78 is 0. The second kappa shape index (κ2) is 5.66. The van der Waals surface area contributed by atoms with E-state index in [-0.39, 0.29) is 0 Å². The molecule has 98 valence electrons. The molecule has 2 rings (SSSR count). The summed E-state index contributed by atoms with van der Waals surface area (Å²) in [5, 5.41) is 15.0. The fraction of sp³-hybridized carbons (Fsp3) is 0.583. The minimum Gasteiger partial charge on any atom is -0.480 e. The highest BCUT2D eigenvalue weighted by atomic mass is 16.4. The molecule has 1 aromatic heterocycles. The smallest absolute Gasteiger partial charge is 0.325 e. The number of hydrogen-bond acceptors (Lipinski definition) is 5. The summed E-state index contributed by atoms with van der Waals surface area (Å²) in [5.74, 6) is 0.372. The van der Waals surface area contributed by atoms with Crippen LogP contribution in [0.3, 0.4) is 0 Å². The van der Waals surface area contributed by atoms with Crippen molar-refractivity contribution in [3.8, 4) is 0 Å². The number of rotatable bonds is 5. The van der Waals surface area contributed by atoms with Crippen LogP contribution in [0.25, 0.3) is 0 Å². The molecule has 1 unspecified atom stereocenters. The van der Waals surface area contributed by atoms with Gasteiger partial charge in [-0.05, 0) is 19.8 Å². The van der Waals surface area contributed by atoms with Gasteiger partial charge in [0.15, 0.2) is 0 Å². The molecule has 18 heavy (non-hydrogen) atoms. The molecule has 1 heterocycles. The third-order valence-electron chi connectivity index (χ3n) is 3.11. The zero-order valence-corrected chi connectivity index (χ0v) is 10.4. The van der Waals surface area contributed by atoms with Gasteiger partial charge in [-0.25, -0.2) is 9.97 Å².